The molecular weight excluding hydrogens is 302 g/mol. The van der Waals surface area contributed by atoms with E-state index in [0.29, 0.717) is 24.8 Å². The molecular formula is C16H29NO6. The molecule has 1 amide bonds. The molecule has 7 nitrogen and oxygen atoms in total. The fraction of sp³-hybridized carbons (Fsp3) is 0.812. The first kappa shape index (κ1) is 21.2. The van der Waals surface area contributed by atoms with Gasteiger partial charge < -0.3 is 19.9 Å². The fourth-order valence-electron chi connectivity index (χ4n) is 2.41. The van der Waals surface area contributed by atoms with Crippen LogP contribution in [0.5, 0.6) is 0 Å². The largest absolute Gasteiger partial charge is 0.481 e. The number of carboxylic acids is 1. The third-order valence-electron chi connectivity index (χ3n) is 3.23. The Hall–Kier alpha value is -1.79. The van der Waals surface area contributed by atoms with Crippen LogP contribution < -0.4 is 5.32 Å². The Labute approximate surface area is 137 Å². The van der Waals surface area contributed by atoms with Gasteiger partial charge in [-0.05, 0) is 37.5 Å². The highest BCUT2D eigenvalue weighted by molar-refractivity contribution is 5.68. The van der Waals surface area contributed by atoms with Crippen molar-refractivity contribution in [1.82, 2.24) is 5.32 Å². The van der Waals surface area contributed by atoms with Gasteiger partial charge in [-0.1, -0.05) is 13.8 Å². The minimum atomic E-state index is -0.920. The van der Waals surface area contributed by atoms with Crippen LogP contribution >= 0.6 is 0 Å². The summed E-state index contributed by atoms with van der Waals surface area (Å²) in [6.07, 6.45) is 1.84. The van der Waals surface area contributed by atoms with Gasteiger partial charge in [0.25, 0.3) is 0 Å². The van der Waals surface area contributed by atoms with E-state index < -0.39 is 24.3 Å². The van der Waals surface area contributed by atoms with E-state index in [0.717, 1.165) is 19.3 Å². The van der Waals surface area contributed by atoms with Crippen LogP contribution in [0, 0.1) is 11.8 Å². The second-order valence-electron chi connectivity index (χ2n) is 6.08. The number of amides is 1. The Bertz CT molecular complexity index is 383. The number of nitrogens with one attached hydrogen (secondary N) is 1. The minimum absolute atomic E-state index is 0.173. The number of esters is 1. The molecule has 0 aromatic carbocycles. The Morgan fingerprint density at radius 1 is 1.09 bits per heavy atom. The van der Waals surface area contributed by atoms with Crippen molar-refractivity contribution in [3.63, 3.8) is 0 Å². The molecule has 0 heterocycles. The predicted octanol–water partition coefficient (Wildman–Crippen LogP) is 2.93. The summed E-state index contributed by atoms with van der Waals surface area (Å²) in [7, 11) is 0. The number of alkyl carbamates (subject to hydrolysis) is 1. The number of rotatable bonds is 11. The first-order chi connectivity index (χ1) is 10.7. The second-order valence-corrected chi connectivity index (χ2v) is 6.08. The zero-order valence-corrected chi connectivity index (χ0v) is 14.5. The van der Waals surface area contributed by atoms with Gasteiger partial charge in [-0.25, -0.2) is 4.79 Å². The van der Waals surface area contributed by atoms with E-state index in [1.807, 2.05) is 0 Å². The third-order valence-corrected chi connectivity index (χ3v) is 3.23. The molecule has 0 spiro atoms. The maximum absolute atomic E-state index is 11.5. The Kier molecular flexibility index (Phi) is 10.8. The maximum Gasteiger partial charge on any atom is 0.410 e. The van der Waals surface area contributed by atoms with E-state index in [4.69, 9.17) is 9.84 Å². The molecule has 0 rings (SSSR count). The monoisotopic (exact) mass is 331 g/mol. The van der Waals surface area contributed by atoms with Crippen molar-refractivity contribution < 1.29 is 29.0 Å². The average molecular weight is 331 g/mol. The summed E-state index contributed by atoms with van der Waals surface area (Å²) in [6, 6.07) is 0. The number of hydrogen-bond donors (Lipinski definition) is 2. The second kappa shape index (κ2) is 11.7. The number of hydrogen-bond acceptors (Lipinski definition) is 5. The van der Waals surface area contributed by atoms with Crippen LogP contribution in [0.2, 0.25) is 0 Å². The van der Waals surface area contributed by atoms with Crippen molar-refractivity contribution in [2.75, 3.05) is 6.54 Å². The molecule has 0 fully saturated rings. The third kappa shape index (κ3) is 13.6. The molecule has 0 aromatic rings. The highest BCUT2D eigenvalue weighted by Crippen LogP contribution is 2.22. The summed E-state index contributed by atoms with van der Waals surface area (Å²) in [5.41, 5.74) is 0. The summed E-state index contributed by atoms with van der Waals surface area (Å²) < 4.78 is 9.53. The highest BCUT2D eigenvalue weighted by atomic mass is 16.7. The van der Waals surface area contributed by atoms with Crippen LogP contribution in [0.15, 0.2) is 0 Å². The van der Waals surface area contributed by atoms with Gasteiger partial charge in [0.1, 0.15) is 0 Å². The molecule has 0 aliphatic carbocycles. The van der Waals surface area contributed by atoms with Crippen molar-refractivity contribution >= 4 is 18.0 Å². The van der Waals surface area contributed by atoms with E-state index in [2.05, 4.69) is 23.9 Å². The van der Waals surface area contributed by atoms with Gasteiger partial charge in [0.05, 0.1) is 0 Å². The van der Waals surface area contributed by atoms with E-state index in [9.17, 15) is 14.4 Å². The molecule has 0 aromatic heterocycles. The molecule has 0 saturated heterocycles. The standard InChI is InChI=1S/C16H29NO6/c1-11(2)10-14(7-8-15(19)20)6-5-9-17-16(21)23-13(4)22-12(3)18/h11,13-14H,5-10H2,1-4H3,(H,17,21)(H,19,20)/t13-,14+/m0/s1. The quantitative estimate of drug-likeness (QED) is 0.343. The summed E-state index contributed by atoms with van der Waals surface area (Å²) in [5, 5.41) is 11.4. The van der Waals surface area contributed by atoms with Crippen molar-refractivity contribution in [1.29, 1.82) is 0 Å². The van der Waals surface area contributed by atoms with Gasteiger partial charge in [0.2, 0.25) is 6.29 Å². The van der Waals surface area contributed by atoms with Crippen LogP contribution in [-0.4, -0.2) is 36.0 Å². The predicted molar refractivity (Wildman–Crippen MR) is 84.8 cm³/mol. The van der Waals surface area contributed by atoms with Crippen LogP contribution in [0.4, 0.5) is 4.79 Å². The summed E-state index contributed by atoms with van der Waals surface area (Å²) in [6.45, 7) is 7.36. The SMILES string of the molecule is CC(=O)O[C@H](C)OC(=O)NCCC[C@H](CCC(=O)O)CC(C)C. The molecule has 23 heavy (non-hydrogen) atoms. The van der Waals surface area contributed by atoms with Gasteiger partial charge >= 0.3 is 18.0 Å². The lowest BCUT2D eigenvalue weighted by molar-refractivity contribution is -0.162. The molecule has 0 aliphatic rings. The number of carbonyl (C=O) groups is 3. The van der Waals surface area contributed by atoms with Gasteiger partial charge in [0, 0.05) is 26.8 Å². The van der Waals surface area contributed by atoms with Crippen molar-refractivity contribution in [2.24, 2.45) is 11.8 Å². The summed E-state index contributed by atoms with van der Waals surface area (Å²) >= 11 is 0. The molecule has 0 unspecified atom stereocenters. The zero-order chi connectivity index (χ0) is 17.8. The lowest BCUT2D eigenvalue weighted by Gasteiger charge is -2.18. The molecule has 134 valence electrons. The number of carbonyl (C=O) groups excluding carboxylic acids is 2. The van der Waals surface area contributed by atoms with E-state index in [1.54, 1.807) is 0 Å². The number of aliphatic carboxylic acids is 1. The molecule has 0 aliphatic heterocycles. The lowest BCUT2D eigenvalue weighted by Crippen LogP contribution is -2.30. The van der Waals surface area contributed by atoms with Crippen LogP contribution in [-0.2, 0) is 19.1 Å². The highest BCUT2D eigenvalue weighted by Gasteiger charge is 2.14. The molecule has 0 bridgehead atoms. The summed E-state index contributed by atoms with van der Waals surface area (Å²) in [4.78, 5) is 32.8. The van der Waals surface area contributed by atoms with Crippen LogP contribution in [0.1, 0.15) is 59.8 Å². The van der Waals surface area contributed by atoms with Crippen molar-refractivity contribution in [3.05, 3.63) is 0 Å². The summed E-state index contributed by atoms with van der Waals surface area (Å²) in [5.74, 6) is -0.444. The van der Waals surface area contributed by atoms with Crippen LogP contribution in [0.3, 0.4) is 0 Å². The molecule has 2 atom stereocenters. The van der Waals surface area contributed by atoms with Gasteiger partial charge in [0.15, 0.2) is 0 Å². The number of carboxylic acid groups (broad SMARTS) is 1. The smallest absolute Gasteiger partial charge is 0.410 e. The molecule has 0 radical (unpaired) electrons. The first-order valence-corrected chi connectivity index (χ1v) is 8.04. The van der Waals surface area contributed by atoms with Crippen molar-refractivity contribution in [3.8, 4) is 0 Å². The number of ether oxygens (including phenoxy) is 2. The van der Waals surface area contributed by atoms with E-state index in [-0.39, 0.29) is 6.42 Å². The normalized spacial score (nSPS) is 13.3. The molecule has 0 saturated carbocycles. The topological polar surface area (TPSA) is 102 Å². The Balaban J connectivity index is 3.96. The molecule has 7 heteroatoms. The fourth-order valence-corrected chi connectivity index (χ4v) is 2.41. The van der Waals surface area contributed by atoms with Gasteiger partial charge in [-0.3, -0.25) is 9.59 Å². The zero-order valence-electron chi connectivity index (χ0n) is 14.5. The van der Waals surface area contributed by atoms with Gasteiger partial charge in [-0.15, -0.1) is 0 Å². The van der Waals surface area contributed by atoms with Crippen molar-refractivity contribution in [2.45, 2.75) is 66.1 Å². The van der Waals surface area contributed by atoms with Crippen LogP contribution in [0.25, 0.3) is 0 Å². The lowest BCUT2D eigenvalue weighted by atomic mass is 9.89. The van der Waals surface area contributed by atoms with E-state index in [1.165, 1.54) is 13.8 Å². The van der Waals surface area contributed by atoms with Gasteiger partial charge in [-0.2, -0.15) is 0 Å². The first-order valence-electron chi connectivity index (χ1n) is 8.04. The maximum atomic E-state index is 11.5. The Morgan fingerprint density at radius 2 is 1.74 bits per heavy atom. The Morgan fingerprint density at radius 3 is 2.26 bits per heavy atom. The molecule has 2 N–H and O–H groups in total. The average Bonchev–Trinajstić information content (AvgIpc) is 2.38. The van der Waals surface area contributed by atoms with E-state index >= 15 is 0 Å². The minimum Gasteiger partial charge on any atom is -0.481 e.